The van der Waals surface area contributed by atoms with Crippen LogP contribution in [-0.4, -0.2) is 32.3 Å². The summed E-state index contributed by atoms with van der Waals surface area (Å²) < 4.78 is 18.9. The average Bonchev–Trinajstić information content (AvgIpc) is 2.27. The van der Waals surface area contributed by atoms with E-state index in [9.17, 15) is 4.39 Å². The second kappa shape index (κ2) is 4.92. The molecule has 1 aromatic rings. The normalized spacial score (nSPS) is 24.8. The molecule has 1 aliphatic heterocycles. The molecule has 3 nitrogen and oxygen atoms in total. The molecule has 0 amide bonds. The average molecular weight is 238 g/mol. The summed E-state index contributed by atoms with van der Waals surface area (Å²) in [4.78, 5) is 2.08. The molecule has 1 saturated heterocycles. The van der Waals surface area contributed by atoms with Crippen molar-refractivity contribution >= 4 is 5.69 Å². The number of anilines is 1. The van der Waals surface area contributed by atoms with Crippen LogP contribution < -0.4 is 15.0 Å². The molecule has 0 aliphatic carbocycles. The van der Waals surface area contributed by atoms with Crippen molar-refractivity contribution in [2.75, 3.05) is 25.1 Å². The number of rotatable bonds is 2. The maximum absolute atomic E-state index is 13.9. The third kappa shape index (κ3) is 2.69. The van der Waals surface area contributed by atoms with Gasteiger partial charge in [0.1, 0.15) is 11.6 Å². The predicted octanol–water partition coefficient (Wildman–Crippen LogP) is 2.02. The van der Waals surface area contributed by atoms with Crippen LogP contribution in [0.1, 0.15) is 13.8 Å². The predicted molar refractivity (Wildman–Crippen MR) is 67.2 cm³/mol. The topological polar surface area (TPSA) is 24.5 Å². The van der Waals surface area contributed by atoms with Gasteiger partial charge in [-0.2, -0.15) is 0 Å². The van der Waals surface area contributed by atoms with Crippen LogP contribution in [0.15, 0.2) is 18.2 Å². The highest BCUT2D eigenvalue weighted by atomic mass is 19.1. The summed E-state index contributed by atoms with van der Waals surface area (Å²) in [7, 11) is 1.55. The second-order valence-corrected chi connectivity index (χ2v) is 4.69. The van der Waals surface area contributed by atoms with Gasteiger partial charge in [0, 0.05) is 31.2 Å². The van der Waals surface area contributed by atoms with Crippen molar-refractivity contribution in [3.63, 3.8) is 0 Å². The van der Waals surface area contributed by atoms with E-state index in [1.807, 2.05) is 0 Å². The van der Waals surface area contributed by atoms with Crippen molar-refractivity contribution in [1.29, 1.82) is 0 Å². The molecule has 1 aromatic carbocycles. The van der Waals surface area contributed by atoms with Gasteiger partial charge >= 0.3 is 0 Å². The van der Waals surface area contributed by atoms with E-state index < -0.39 is 0 Å². The lowest BCUT2D eigenvalue weighted by Gasteiger charge is -2.37. The van der Waals surface area contributed by atoms with Gasteiger partial charge in [-0.25, -0.2) is 4.39 Å². The van der Waals surface area contributed by atoms with Gasteiger partial charge in [0.15, 0.2) is 0 Å². The van der Waals surface area contributed by atoms with E-state index in [1.165, 1.54) is 6.07 Å². The van der Waals surface area contributed by atoms with Crippen LogP contribution in [0.3, 0.4) is 0 Å². The number of hydrogen-bond donors (Lipinski definition) is 1. The Hall–Kier alpha value is -1.29. The van der Waals surface area contributed by atoms with E-state index >= 15 is 0 Å². The van der Waals surface area contributed by atoms with Crippen LogP contribution in [0, 0.1) is 5.82 Å². The molecule has 0 spiro atoms. The van der Waals surface area contributed by atoms with Crippen molar-refractivity contribution in [3.05, 3.63) is 24.0 Å². The minimum Gasteiger partial charge on any atom is -0.497 e. The molecule has 94 valence electrons. The van der Waals surface area contributed by atoms with Crippen LogP contribution in [-0.2, 0) is 0 Å². The number of methoxy groups -OCH3 is 1. The summed E-state index contributed by atoms with van der Waals surface area (Å²) >= 11 is 0. The van der Waals surface area contributed by atoms with Gasteiger partial charge < -0.3 is 15.0 Å². The first-order valence-corrected chi connectivity index (χ1v) is 5.94. The van der Waals surface area contributed by atoms with Crippen LogP contribution >= 0.6 is 0 Å². The Kier molecular flexibility index (Phi) is 3.52. The molecule has 0 unspecified atom stereocenters. The Labute approximate surface area is 102 Å². The van der Waals surface area contributed by atoms with E-state index in [1.54, 1.807) is 19.2 Å². The standard InChI is InChI=1S/C13H19FN2O/c1-9-7-16(8-10(2)15-9)13-5-4-11(17-3)6-12(13)14/h4-6,9-10,15H,7-8H2,1-3H3/t9-,10+. The first-order chi connectivity index (χ1) is 8.10. The lowest BCUT2D eigenvalue weighted by Crippen LogP contribution is -2.54. The molecule has 0 aromatic heterocycles. The Morgan fingerprint density at radius 3 is 2.47 bits per heavy atom. The number of ether oxygens (including phenoxy) is 1. The fraction of sp³-hybridized carbons (Fsp3) is 0.538. The van der Waals surface area contributed by atoms with Gasteiger partial charge in [-0.1, -0.05) is 0 Å². The van der Waals surface area contributed by atoms with Crippen molar-refractivity contribution in [2.45, 2.75) is 25.9 Å². The summed E-state index contributed by atoms with van der Waals surface area (Å²) in [6.07, 6.45) is 0. The molecule has 2 atom stereocenters. The third-order valence-electron chi connectivity index (χ3n) is 3.05. The highest BCUT2D eigenvalue weighted by Gasteiger charge is 2.23. The van der Waals surface area contributed by atoms with Crippen molar-refractivity contribution in [1.82, 2.24) is 5.32 Å². The number of nitrogens with one attached hydrogen (secondary N) is 1. The summed E-state index contributed by atoms with van der Waals surface area (Å²) in [6, 6.07) is 5.78. The van der Waals surface area contributed by atoms with E-state index in [2.05, 4.69) is 24.1 Å². The molecule has 1 heterocycles. The Morgan fingerprint density at radius 2 is 1.94 bits per heavy atom. The summed E-state index contributed by atoms with van der Waals surface area (Å²) in [6.45, 7) is 5.88. The molecule has 17 heavy (non-hydrogen) atoms. The largest absolute Gasteiger partial charge is 0.497 e. The van der Waals surface area contributed by atoms with Gasteiger partial charge in [0.2, 0.25) is 0 Å². The summed E-state index contributed by atoms with van der Waals surface area (Å²) in [5.41, 5.74) is 0.658. The quantitative estimate of drug-likeness (QED) is 0.853. The molecule has 0 radical (unpaired) electrons. The zero-order chi connectivity index (χ0) is 12.4. The van der Waals surface area contributed by atoms with Crippen LogP contribution in [0.25, 0.3) is 0 Å². The maximum Gasteiger partial charge on any atom is 0.150 e. The third-order valence-corrected chi connectivity index (χ3v) is 3.05. The highest BCUT2D eigenvalue weighted by molar-refractivity contribution is 5.51. The number of nitrogens with zero attached hydrogens (tertiary/aromatic N) is 1. The minimum absolute atomic E-state index is 0.217. The molecule has 0 saturated carbocycles. The first kappa shape index (κ1) is 12.2. The van der Waals surface area contributed by atoms with E-state index in [-0.39, 0.29) is 5.82 Å². The number of hydrogen-bond acceptors (Lipinski definition) is 3. The van der Waals surface area contributed by atoms with Gasteiger partial charge in [0.25, 0.3) is 0 Å². The zero-order valence-electron chi connectivity index (χ0n) is 10.5. The molecule has 2 rings (SSSR count). The molecule has 4 heteroatoms. The Bertz CT molecular complexity index is 387. The SMILES string of the molecule is COc1ccc(N2C[C@@H](C)N[C@@H](C)C2)c(F)c1. The second-order valence-electron chi connectivity index (χ2n) is 4.69. The van der Waals surface area contributed by atoms with E-state index in [0.29, 0.717) is 23.5 Å². The van der Waals surface area contributed by atoms with Crippen molar-refractivity contribution in [3.8, 4) is 5.75 Å². The lowest BCUT2D eigenvalue weighted by atomic mass is 10.1. The molecule has 1 aliphatic rings. The summed E-state index contributed by atoms with van der Waals surface area (Å²) in [5.74, 6) is 0.341. The smallest absolute Gasteiger partial charge is 0.150 e. The van der Waals surface area contributed by atoms with Gasteiger partial charge in [-0.05, 0) is 26.0 Å². The fourth-order valence-corrected chi connectivity index (χ4v) is 2.39. The fourth-order valence-electron chi connectivity index (χ4n) is 2.39. The zero-order valence-corrected chi connectivity index (χ0v) is 10.5. The van der Waals surface area contributed by atoms with Crippen molar-refractivity contribution < 1.29 is 9.13 Å². The van der Waals surface area contributed by atoms with Crippen molar-refractivity contribution in [2.24, 2.45) is 0 Å². The Balaban J connectivity index is 2.21. The maximum atomic E-state index is 13.9. The molecular weight excluding hydrogens is 219 g/mol. The molecule has 0 bridgehead atoms. The van der Waals surface area contributed by atoms with Crippen LogP contribution in [0.2, 0.25) is 0 Å². The number of piperazine rings is 1. The minimum atomic E-state index is -0.217. The number of benzene rings is 1. The Morgan fingerprint density at radius 1 is 1.29 bits per heavy atom. The van der Waals surface area contributed by atoms with Crippen LogP contribution in [0.5, 0.6) is 5.75 Å². The summed E-state index contributed by atoms with van der Waals surface area (Å²) in [5, 5.41) is 3.43. The van der Waals surface area contributed by atoms with E-state index in [0.717, 1.165) is 13.1 Å². The van der Waals surface area contributed by atoms with Gasteiger partial charge in [-0.15, -0.1) is 0 Å². The monoisotopic (exact) mass is 238 g/mol. The highest BCUT2D eigenvalue weighted by Crippen LogP contribution is 2.25. The first-order valence-electron chi connectivity index (χ1n) is 5.94. The lowest BCUT2D eigenvalue weighted by molar-refractivity contribution is 0.400. The van der Waals surface area contributed by atoms with Gasteiger partial charge in [-0.3, -0.25) is 0 Å². The molecular formula is C13H19FN2O. The van der Waals surface area contributed by atoms with Crippen LogP contribution in [0.4, 0.5) is 10.1 Å². The molecule has 1 fully saturated rings. The number of halogens is 1. The molecule has 1 N–H and O–H groups in total. The van der Waals surface area contributed by atoms with Gasteiger partial charge in [0.05, 0.1) is 12.8 Å². The van der Waals surface area contributed by atoms with E-state index in [4.69, 9.17) is 4.74 Å².